The van der Waals surface area contributed by atoms with Crippen LogP contribution in [0.15, 0.2) is 24.3 Å². The van der Waals surface area contributed by atoms with Crippen LogP contribution in [0.5, 0.6) is 0 Å². The SMILES string of the molecule is CC(OC(=O)N1CC2(CCN(Cc3ccc(N4CCOCC4)cc3)CC2)C1)C(F)(F)F. The Labute approximate surface area is 180 Å². The van der Waals surface area contributed by atoms with Crippen molar-refractivity contribution in [3.8, 4) is 0 Å². The van der Waals surface area contributed by atoms with E-state index in [-0.39, 0.29) is 5.41 Å². The van der Waals surface area contributed by atoms with E-state index in [0.29, 0.717) is 13.1 Å². The van der Waals surface area contributed by atoms with Gasteiger partial charge in [-0.25, -0.2) is 4.79 Å². The van der Waals surface area contributed by atoms with Gasteiger partial charge in [-0.1, -0.05) is 12.1 Å². The highest BCUT2D eigenvalue weighted by Gasteiger charge is 2.48. The third kappa shape index (κ3) is 5.26. The Morgan fingerprint density at radius 1 is 1.10 bits per heavy atom. The number of amides is 1. The maximum Gasteiger partial charge on any atom is 0.425 e. The molecule has 6 nitrogen and oxygen atoms in total. The van der Waals surface area contributed by atoms with E-state index in [0.717, 1.165) is 65.7 Å². The lowest BCUT2D eigenvalue weighted by molar-refractivity contribution is -0.202. The minimum absolute atomic E-state index is 0.0250. The van der Waals surface area contributed by atoms with E-state index in [9.17, 15) is 18.0 Å². The predicted molar refractivity (Wildman–Crippen MR) is 110 cm³/mol. The Morgan fingerprint density at radius 3 is 2.29 bits per heavy atom. The van der Waals surface area contributed by atoms with Crippen LogP contribution in [-0.4, -0.2) is 80.7 Å². The van der Waals surface area contributed by atoms with E-state index < -0.39 is 18.4 Å². The number of rotatable bonds is 4. The average Bonchev–Trinajstić information content (AvgIpc) is 2.73. The van der Waals surface area contributed by atoms with Gasteiger partial charge in [-0.3, -0.25) is 4.90 Å². The van der Waals surface area contributed by atoms with E-state index in [2.05, 4.69) is 38.8 Å². The fourth-order valence-electron chi connectivity index (χ4n) is 4.58. The minimum atomic E-state index is -4.52. The maximum absolute atomic E-state index is 12.6. The molecule has 0 aliphatic carbocycles. The van der Waals surface area contributed by atoms with Gasteiger partial charge in [0, 0.05) is 43.8 Å². The first-order valence-electron chi connectivity index (χ1n) is 10.9. The van der Waals surface area contributed by atoms with Crippen molar-refractivity contribution in [2.45, 2.75) is 38.6 Å². The number of piperidine rings is 1. The van der Waals surface area contributed by atoms with Crippen molar-refractivity contribution >= 4 is 11.8 Å². The molecule has 0 N–H and O–H groups in total. The quantitative estimate of drug-likeness (QED) is 0.716. The highest BCUT2D eigenvalue weighted by Crippen LogP contribution is 2.41. The highest BCUT2D eigenvalue weighted by molar-refractivity contribution is 5.69. The van der Waals surface area contributed by atoms with Crippen LogP contribution in [-0.2, 0) is 16.0 Å². The van der Waals surface area contributed by atoms with Crippen LogP contribution in [0.2, 0.25) is 0 Å². The van der Waals surface area contributed by atoms with Gasteiger partial charge in [-0.05, 0) is 50.6 Å². The number of ether oxygens (including phenoxy) is 2. The number of morpholine rings is 1. The van der Waals surface area contributed by atoms with Crippen molar-refractivity contribution < 1.29 is 27.4 Å². The molecule has 1 amide bonds. The Balaban J connectivity index is 1.20. The second-order valence-corrected chi connectivity index (χ2v) is 8.97. The summed E-state index contributed by atoms with van der Waals surface area (Å²) in [6.45, 7) is 7.95. The molecule has 0 saturated carbocycles. The summed E-state index contributed by atoms with van der Waals surface area (Å²) in [4.78, 5) is 18.1. The number of benzene rings is 1. The van der Waals surface area contributed by atoms with E-state index in [4.69, 9.17) is 4.74 Å². The van der Waals surface area contributed by atoms with Crippen molar-refractivity contribution in [3.63, 3.8) is 0 Å². The third-order valence-electron chi connectivity index (χ3n) is 6.68. The molecule has 3 aliphatic heterocycles. The fraction of sp³-hybridized carbons (Fsp3) is 0.682. The van der Waals surface area contributed by atoms with E-state index in [1.165, 1.54) is 16.2 Å². The molecule has 3 heterocycles. The monoisotopic (exact) mass is 441 g/mol. The second-order valence-electron chi connectivity index (χ2n) is 8.97. The van der Waals surface area contributed by atoms with Crippen LogP contribution in [0, 0.1) is 5.41 Å². The normalized spacial score (nSPS) is 22.8. The van der Waals surface area contributed by atoms with Gasteiger partial charge >= 0.3 is 12.3 Å². The van der Waals surface area contributed by atoms with Gasteiger partial charge in [-0.2, -0.15) is 13.2 Å². The van der Waals surface area contributed by atoms with Crippen molar-refractivity contribution in [1.82, 2.24) is 9.80 Å². The van der Waals surface area contributed by atoms with Crippen LogP contribution in [0.25, 0.3) is 0 Å². The van der Waals surface area contributed by atoms with Crippen LogP contribution in [0.3, 0.4) is 0 Å². The molecular formula is C22H30F3N3O3. The number of nitrogens with zero attached hydrogens (tertiary/aromatic N) is 3. The van der Waals surface area contributed by atoms with Gasteiger partial charge in [0.15, 0.2) is 6.10 Å². The van der Waals surface area contributed by atoms with Gasteiger partial charge in [-0.15, -0.1) is 0 Å². The molecule has 1 spiro atoms. The largest absolute Gasteiger partial charge is 0.437 e. The molecule has 0 bridgehead atoms. The molecule has 3 fully saturated rings. The van der Waals surface area contributed by atoms with Gasteiger partial charge in [0.05, 0.1) is 13.2 Å². The van der Waals surface area contributed by atoms with Crippen molar-refractivity contribution in [2.75, 3.05) is 57.4 Å². The summed E-state index contributed by atoms with van der Waals surface area (Å²) in [7, 11) is 0. The van der Waals surface area contributed by atoms with Crippen LogP contribution < -0.4 is 4.90 Å². The zero-order valence-electron chi connectivity index (χ0n) is 17.9. The molecule has 1 aromatic rings. The molecule has 1 unspecified atom stereocenters. The summed E-state index contributed by atoms with van der Waals surface area (Å²) in [6.07, 6.45) is -5.58. The van der Waals surface area contributed by atoms with E-state index in [1.54, 1.807) is 0 Å². The topological polar surface area (TPSA) is 45.2 Å². The minimum Gasteiger partial charge on any atom is -0.437 e. The molecule has 4 rings (SSSR count). The molecule has 0 radical (unpaired) electrons. The lowest BCUT2D eigenvalue weighted by atomic mass is 9.72. The maximum atomic E-state index is 12.6. The summed E-state index contributed by atoms with van der Waals surface area (Å²) < 4.78 is 47.7. The van der Waals surface area contributed by atoms with E-state index >= 15 is 0 Å². The molecule has 0 aromatic heterocycles. The Hall–Kier alpha value is -2.00. The summed E-state index contributed by atoms with van der Waals surface area (Å²) in [6, 6.07) is 8.70. The number of halogens is 3. The van der Waals surface area contributed by atoms with Gasteiger partial charge in [0.25, 0.3) is 0 Å². The lowest BCUT2D eigenvalue weighted by Gasteiger charge is -2.53. The van der Waals surface area contributed by atoms with Crippen molar-refractivity contribution in [3.05, 3.63) is 29.8 Å². The zero-order valence-corrected chi connectivity index (χ0v) is 17.9. The Morgan fingerprint density at radius 2 is 1.71 bits per heavy atom. The van der Waals surface area contributed by atoms with Crippen molar-refractivity contribution in [1.29, 1.82) is 0 Å². The smallest absolute Gasteiger partial charge is 0.425 e. The van der Waals surface area contributed by atoms with Crippen molar-refractivity contribution in [2.24, 2.45) is 5.41 Å². The number of hydrogen-bond donors (Lipinski definition) is 0. The Kier molecular flexibility index (Phi) is 6.35. The first-order chi connectivity index (χ1) is 14.7. The number of anilines is 1. The molecule has 1 atom stereocenters. The predicted octanol–water partition coefficient (Wildman–Crippen LogP) is 3.51. The summed E-state index contributed by atoms with van der Waals surface area (Å²) in [5, 5.41) is 0. The average molecular weight is 441 g/mol. The fourth-order valence-corrected chi connectivity index (χ4v) is 4.58. The number of likely N-dealkylation sites (tertiary alicyclic amines) is 2. The van der Waals surface area contributed by atoms with E-state index in [1.807, 2.05) is 0 Å². The zero-order chi connectivity index (χ0) is 22.1. The molecule has 3 saturated heterocycles. The summed E-state index contributed by atoms with van der Waals surface area (Å²) in [5.41, 5.74) is 2.52. The number of alkyl halides is 3. The summed E-state index contributed by atoms with van der Waals surface area (Å²) >= 11 is 0. The molecule has 31 heavy (non-hydrogen) atoms. The first kappa shape index (κ1) is 22.2. The van der Waals surface area contributed by atoms with Crippen LogP contribution in [0.4, 0.5) is 23.7 Å². The van der Waals surface area contributed by atoms with Gasteiger partial charge < -0.3 is 19.3 Å². The second kappa shape index (κ2) is 8.86. The Bertz CT molecular complexity index is 750. The summed E-state index contributed by atoms with van der Waals surface area (Å²) in [5.74, 6) is 0. The standard InChI is InChI=1S/C22H30F3N3O3/c1-17(22(23,24)25)31-20(29)28-15-21(16-28)6-8-26(9-7-21)14-18-2-4-19(5-3-18)27-10-12-30-13-11-27/h2-5,17H,6-16H2,1H3. The molecule has 1 aromatic carbocycles. The lowest BCUT2D eigenvalue weighted by Crippen LogP contribution is -2.62. The van der Waals surface area contributed by atoms with Crippen LogP contribution in [0.1, 0.15) is 25.3 Å². The van der Waals surface area contributed by atoms with Gasteiger partial charge in [0.1, 0.15) is 0 Å². The third-order valence-corrected chi connectivity index (χ3v) is 6.68. The first-order valence-corrected chi connectivity index (χ1v) is 10.9. The number of carbonyl (C=O) groups is 1. The number of hydrogen-bond acceptors (Lipinski definition) is 5. The van der Waals surface area contributed by atoms with Gasteiger partial charge in [0.2, 0.25) is 0 Å². The molecule has 172 valence electrons. The molecular weight excluding hydrogens is 411 g/mol. The van der Waals surface area contributed by atoms with Crippen LogP contribution >= 0.6 is 0 Å². The number of carbonyl (C=O) groups excluding carboxylic acids is 1. The molecule has 9 heteroatoms. The highest BCUT2D eigenvalue weighted by atomic mass is 19.4. The molecule has 3 aliphatic rings.